The molecule has 27 heavy (non-hydrogen) atoms. The topological polar surface area (TPSA) is 146 Å². The number of nitrogens with two attached hydrogens (primary N) is 1. The van der Waals surface area contributed by atoms with E-state index in [9.17, 15) is 16.8 Å². The highest BCUT2D eigenvalue weighted by molar-refractivity contribution is 7.90. The van der Waals surface area contributed by atoms with Gasteiger partial charge in [0.25, 0.3) is 0 Å². The fourth-order valence-corrected chi connectivity index (χ4v) is 3.48. The standard InChI is InChI=1S/C16H15N5O4S2/c1-26(22,23)15-6-13(18-8-20-15)10-3-11(5-12(17)4-10)14-7-16(21-9-19-14)27(2,24)25/h3-9H,17H2,1-2H3. The van der Waals surface area contributed by atoms with E-state index in [1.165, 1.54) is 12.1 Å². The highest BCUT2D eigenvalue weighted by Crippen LogP contribution is 2.28. The monoisotopic (exact) mass is 405 g/mol. The summed E-state index contributed by atoms with van der Waals surface area (Å²) in [5, 5.41) is -0.226. The third-order valence-electron chi connectivity index (χ3n) is 3.59. The number of aromatic nitrogens is 4. The fourth-order valence-electron chi connectivity index (χ4n) is 2.35. The van der Waals surface area contributed by atoms with E-state index >= 15 is 0 Å². The first-order chi connectivity index (χ1) is 12.5. The zero-order chi connectivity index (χ0) is 19.8. The Morgan fingerprint density at radius 2 is 1.07 bits per heavy atom. The second-order valence-corrected chi connectivity index (χ2v) is 9.80. The first kappa shape index (κ1) is 18.9. The Labute approximate surface area is 156 Å². The number of rotatable bonds is 4. The van der Waals surface area contributed by atoms with Crippen molar-refractivity contribution in [2.75, 3.05) is 18.2 Å². The van der Waals surface area contributed by atoms with Crippen LogP contribution in [-0.2, 0) is 19.7 Å². The van der Waals surface area contributed by atoms with E-state index < -0.39 is 19.7 Å². The van der Waals surface area contributed by atoms with E-state index in [2.05, 4.69) is 19.9 Å². The first-order valence-corrected chi connectivity index (χ1v) is 11.3. The SMILES string of the molecule is CS(=O)(=O)c1cc(-c2cc(N)cc(-c3cc(S(C)(=O)=O)ncn3)c2)ncn1. The average molecular weight is 405 g/mol. The predicted molar refractivity (Wildman–Crippen MR) is 99.1 cm³/mol. The Hall–Kier alpha value is -2.92. The molecule has 0 fully saturated rings. The Morgan fingerprint density at radius 1 is 0.667 bits per heavy atom. The lowest BCUT2D eigenvalue weighted by atomic mass is 10.0. The Morgan fingerprint density at radius 3 is 1.44 bits per heavy atom. The molecule has 140 valence electrons. The second kappa shape index (κ2) is 6.67. The maximum absolute atomic E-state index is 11.7. The van der Waals surface area contributed by atoms with Crippen LogP contribution in [0.3, 0.4) is 0 Å². The summed E-state index contributed by atoms with van der Waals surface area (Å²) >= 11 is 0. The Balaban J connectivity index is 2.14. The van der Waals surface area contributed by atoms with Crippen molar-refractivity contribution in [1.82, 2.24) is 19.9 Å². The minimum atomic E-state index is -3.50. The van der Waals surface area contributed by atoms with Crippen LogP contribution in [0.15, 0.2) is 53.0 Å². The van der Waals surface area contributed by atoms with Gasteiger partial charge in [-0.1, -0.05) is 0 Å². The number of nitrogens with zero attached hydrogens (tertiary/aromatic N) is 4. The quantitative estimate of drug-likeness (QED) is 0.496. The van der Waals surface area contributed by atoms with Gasteiger partial charge in [0, 0.05) is 41.5 Å². The van der Waals surface area contributed by atoms with E-state index in [0.717, 1.165) is 25.2 Å². The highest BCUT2D eigenvalue weighted by atomic mass is 32.2. The van der Waals surface area contributed by atoms with Gasteiger partial charge in [0.05, 0.1) is 11.4 Å². The summed E-state index contributed by atoms with van der Waals surface area (Å²) in [5.74, 6) is 0. The maximum atomic E-state index is 11.7. The molecule has 0 unspecified atom stereocenters. The molecule has 2 heterocycles. The molecule has 11 heteroatoms. The van der Waals surface area contributed by atoms with Gasteiger partial charge in [0.1, 0.15) is 12.7 Å². The summed E-state index contributed by atoms with van der Waals surface area (Å²) in [4.78, 5) is 15.7. The summed E-state index contributed by atoms with van der Waals surface area (Å²) in [6.07, 6.45) is 4.41. The smallest absolute Gasteiger partial charge is 0.192 e. The Bertz CT molecular complexity index is 1150. The van der Waals surface area contributed by atoms with Gasteiger partial charge in [-0.25, -0.2) is 36.8 Å². The van der Waals surface area contributed by atoms with Crippen LogP contribution >= 0.6 is 0 Å². The minimum absolute atomic E-state index is 0.113. The fraction of sp³-hybridized carbons (Fsp3) is 0.125. The molecular weight excluding hydrogens is 390 g/mol. The Kier molecular flexibility index (Phi) is 4.66. The van der Waals surface area contributed by atoms with E-state index in [0.29, 0.717) is 28.2 Å². The molecule has 0 aliphatic carbocycles. The third-order valence-corrected chi connectivity index (χ3v) is 5.56. The minimum Gasteiger partial charge on any atom is -0.399 e. The molecule has 0 aliphatic rings. The average Bonchev–Trinajstić information content (AvgIpc) is 2.60. The molecule has 0 saturated heterocycles. The summed E-state index contributed by atoms with van der Waals surface area (Å²) in [7, 11) is -6.99. The highest BCUT2D eigenvalue weighted by Gasteiger charge is 2.14. The summed E-state index contributed by atoms with van der Waals surface area (Å²) in [6.45, 7) is 0. The van der Waals surface area contributed by atoms with Crippen LogP contribution < -0.4 is 5.73 Å². The molecular formula is C16H15N5O4S2. The molecule has 0 saturated carbocycles. The van der Waals surface area contributed by atoms with Crippen molar-refractivity contribution in [3.8, 4) is 22.5 Å². The van der Waals surface area contributed by atoms with Gasteiger partial charge in [-0.05, 0) is 18.2 Å². The van der Waals surface area contributed by atoms with Crippen molar-refractivity contribution >= 4 is 25.4 Å². The van der Waals surface area contributed by atoms with Crippen LogP contribution in [-0.4, -0.2) is 49.3 Å². The molecule has 0 radical (unpaired) electrons. The van der Waals surface area contributed by atoms with Crippen molar-refractivity contribution in [3.05, 3.63) is 43.0 Å². The maximum Gasteiger partial charge on any atom is 0.192 e. The number of hydrogen-bond acceptors (Lipinski definition) is 9. The lowest BCUT2D eigenvalue weighted by Crippen LogP contribution is -2.02. The van der Waals surface area contributed by atoms with Crippen molar-refractivity contribution in [3.63, 3.8) is 0 Å². The molecule has 0 spiro atoms. The molecule has 3 aromatic rings. The number of benzene rings is 1. The molecule has 0 atom stereocenters. The van der Waals surface area contributed by atoms with Crippen LogP contribution in [0.1, 0.15) is 0 Å². The molecule has 1 aromatic carbocycles. The van der Waals surface area contributed by atoms with Crippen molar-refractivity contribution in [2.24, 2.45) is 0 Å². The zero-order valence-electron chi connectivity index (χ0n) is 14.4. The number of anilines is 1. The van der Waals surface area contributed by atoms with Gasteiger partial charge >= 0.3 is 0 Å². The van der Waals surface area contributed by atoms with E-state index in [1.807, 2.05) is 0 Å². The molecule has 0 amide bonds. The van der Waals surface area contributed by atoms with Crippen LogP contribution in [0, 0.1) is 0 Å². The van der Waals surface area contributed by atoms with Gasteiger partial charge in [-0.2, -0.15) is 0 Å². The molecule has 9 nitrogen and oxygen atoms in total. The molecule has 2 aromatic heterocycles. The van der Waals surface area contributed by atoms with Gasteiger partial charge in [0.2, 0.25) is 0 Å². The summed E-state index contributed by atoms with van der Waals surface area (Å²) in [6, 6.07) is 7.61. The zero-order valence-corrected chi connectivity index (χ0v) is 16.0. The summed E-state index contributed by atoms with van der Waals surface area (Å²) < 4.78 is 46.9. The van der Waals surface area contributed by atoms with Crippen LogP contribution in [0.5, 0.6) is 0 Å². The van der Waals surface area contributed by atoms with Gasteiger partial charge < -0.3 is 5.73 Å². The van der Waals surface area contributed by atoms with Crippen molar-refractivity contribution < 1.29 is 16.8 Å². The van der Waals surface area contributed by atoms with Crippen molar-refractivity contribution in [1.29, 1.82) is 0 Å². The van der Waals surface area contributed by atoms with E-state index in [-0.39, 0.29) is 10.1 Å². The predicted octanol–water partition coefficient (Wildman–Crippen LogP) is 0.990. The van der Waals surface area contributed by atoms with Crippen LogP contribution in [0.25, 0.3) is 22.5 Å². The first-order valence-electron chi connectivity index (χ1n) is 7.49. The lowest BCUT2D eigenvalue weighted by molar-refractivity contribution is 0.596. The number of nitrogen functional groups attached to an aromatic ring is 1. The van der Waals surface area contributed by atoms with Crippen LogP contribution in [0.4, 0.5) is 5.69 Å². The van der Waals surface area contributed by atoms with E-state index in [1.54, 1.807) is 18.2 Å². The molecule has 0 bridgehead atoms. The van der Waals surface area contributed by atoms with Gasteiger partial charge in [0.15, 0.2) is 29.7 Å². The van der Waals surface area contributed by atoms with Crippen LogP contribution in [0.2, 0.25) is 0 Å². The third kappa shape index (κ3) is 4.26. The molecule has 2 N–H and O–H groups in total. The number of sulfone groups is 2. The number of hydrogen-bond donors (Lipinski definition) is 1. The largest absolute Gasteiger partial charge is 0.399 e. The molecule has 0 aliphatic heterocycles. The van der Waals surface area contributed by atoms with Gasteiger partial charge in [-0.15, -0.1) is 0 Å². The second-order valence-electron chi connectivity index (χ2n) is 5.87. The summed E-state index contributed by atoms with van der Waals surface area (Å²) in [5.41, 5.74) is 8.13. The lowest BCUT2D eigenvalue weighted by Gasteiger charge is -2.08. The molecule has 3 rings (SSSR count). The van der Waals surface area contributed by atoms with E-state index in [4.69, 9.17) is 5.73 Å². The van der Waals surface area contributed by atoms with Crippen molar-refractivity contribution in [2.45, 2.75) is 10.1 Å². The normalized spacial score (nSPS) is 12.1. The van der Waals surface area contributed by atoms with Gasteiger partial charge in [-0.3, -0.25) is 0 Å².